The van der Waals surface area contributed by atoms with Crippen molar-refractivity contribution < 1.29 is 29.4 Å². The van der Waals surface area contributed by atoms with E-state index in [9.17, 15) is 29.4 Å². The van der Waals surface area contributed by atoms with Crippen LogP contribution in [0.5, 0.6) is 0 Å². The van der Waals surface area contributed by atoms with Gasteiger partial charge in [0.2, 0.25) is 17.7 Å². The van der Waals surface area contributed by atoms with Gasteiger partial charge in [-0.2, -0.15) is 0 Å². The third kappa shape index (κ3) is 5.02. The highest BCUT2D eigenvalue weighted by Gasteiger charge is 2.40. The number of amides is 3. The van der Waals surface area contributed by atoms with Gasteiger partial charge >= 0.3 is 5.97 Å². The van der Waals surface area contributed by atoms with Crippen molar-refractivity contribution in [3.63, 3.8) is 0 Å². The fourth-order valence-corrected chi connectivity index (χ4v) is 4.18. The number of aliphatic hydroxyl groups excluding tert-OH is 1. The largest absolute Gasteiger partial charge is 0.480 e. The molecule has 2 saturated heterocycles. The molecule has 1 aromatic heterocycles. The van der Waals surface area contributed by atoms with E-state index >= 15 is 0 Å². The van der Waals surface area contributed by atoms with Crippen LogP contribution in [0.4, 0.5) is 0 Å². The maximum atomic E-state index is 12.8. The summed E-state index contributed by atoms with van der Waals surface area (Å²) in [5.74, 6) is -2.72. The molecule has 0 spiro atoms. The Kier molecular flexibility index (Phi) is 7.23. The number of nitrogens with one attached hydrogen (secondary N) is 2. The van der Waals surface area contributed by atoms with E-state index in [0.717, 1.165) is 0 Å². The molecule has 4 atom stereocenters. The van der Waals surface area contributed by atoms with Gasteiger partial charge in [-0.05, 0) is 25.7 Å². The smallest absolute Gasteiger partial charge is 0.326 e. The monoisotopic (exact) mass is 436 g/mol. The molecule has 12 heteroatoms. The molecule has 1 aromatic rings. The minimum absolute atomic E-state index is 0.243. The lowest BCUT2D eigenvalue weighted by molar-refractivity contribution is -0.150. The molecule has 2 aliphatic rings. The van der Waals surface area contributed by atoms with Crippen LogP contribution in [0.2, 0.25) is 0 Å². The summed E-state index contributed by atoms with van der Waals surface area (Å²) < 4.78 is 0. The predicted octanol–water partition coefficient (Wildman–Crippen LogP) is -2.18. The number of aromatic amines is 1. The van der Waals surface area contributed by atoms with Gasteiger partial charge in [0.05, 0.1) is 19.0 Å². The molecule has 0 aliphatic carbocycles. The van der Waals surface area contributed by atoms with Gasteiger partial charge in [0.25, 0.3) is 0 Å². The standard InChI is InChI=1S/C19H28N6O6/c20-12(7-11-8-21-10-22-11)17(28)24-5-1-3-14(24)16(27)23-13(9-26)18(29)25-6-2-4-15(25)19(30)31/h8,10,12-15,26H,1-7,9,20H2,(H,21,22)(H,23,27)(H,30,31). The summed E-state index contributed by atoms with van der Waals surface area (Å²) in [6, 6.07) is -3.91. The fraction of sp³-hybridized carbons (Fsp3) is 0.632. The molecule has 0 saturated carbocycles. The molecule has 0 aromatic carbocycles. The number of aliphatic carboxylic acids is 1. The van der Waals surface area contributed by atoms with Gasteiger partial charge in [-0.25, -0.2) is 9.78 Å². The Morgan fingerprint density at radius 2 is 1.81 bits per heavy atom. The van der Waals surface area contributed by atoms with Crippen molar-refractivity contribution in [2.45, 2.75) is 56.3 Å². The summed E-state index contributed by atoms with van der Waals surface area (Å²) in [6.45, 7) is -0.0649. The molecule has 6 N–H and O–H groups in total. The molecule has 12 nitrogen and oxygen atoms in total. The van der Waals surface area contributed by atoms with E-state index in [1.54, 1.807) is 6.20 Å². The number of carbonyl (C=O) groups excluding carboxylic acids is 3. The second-order valence-electron chi connectivity index (χ2n) is 7.85. The van der Waals surface area contributed by atoms with Crippen molar-refractivity contribution in [3.05, 3.63) is 18.2 Å². The third-order valence-corrected chi connectivity index (χ3v) is 5.77. The van der Waals surface area contributed by atoms with Crippen LogP contribution in [-0.4, -0.2) is 97.5 Å². The first-order chi connectivity index (χ1) is 14.8. The Hall–Kier alpha value is -2.99. The van der Waals surface area contributed by atoms with Crippen molar-refractivity contribution in [2.75, 3.05) is 19.7 Å². The molecule has 0 bridgehead atoms. The highest BCUT2D eigenvalue weighted by molar-refractivity contribution is 5.94. The molecule has 2 aliphatic heterocycles. The number of imidazole rings is 1. The maximum absolute atomic E-state index is 12.8. The molecule has 170 valence electrons. The normalized spacial score (nSPS) is 22.9. The Balaban J connectivity index is 1.62. The summed E-state index contributed by atoms with van der Waals surface area (Å²) in [6.07, 6.45) is 5.17. The number of carboxylic acid groups (broad SMARTS) is 1. The van der Waals surface area contributed by atoms with E-state index in [-0.39, 0.29) is 18.9 Å². The van der Waals surface area contributed by atoms with Crippen LogP contribution in [0.15, 0.2) is 12.5 Å². The van der Waals surface area contributed by atoms with Gasteiger partial charge in [0.15, 0.2) is 0 Å². The molecule has 3 heterocycles. The lowest BCUT2D eigenvalue weighted by Gasteiger charge is -2.30. The minimum Gasteiger partial charge on any atom is -0.480 e. The average Bonchev–Trinajstić information content (AvgIpc) is 3.51. The number of carboxylic acids is 1. The zero-order valence-corrected chi connectivity index (χ0v) is 17.1. The van der Waals surface area contributed by atoms with E-state index < -0.39 is 48.6 Å². The Morgan fingerprint density at radius 3 is 2.39 bits per heavy atom. The number of hydrogen-bond donors (Lipinski definition) is 5. The second-order valence-corrected chi connectivity index (χ2v) is 7.85. The molecule has 31 heavy (non-hydrogen) atoms. The van der Waals surface area contributed by atoms with Crippen LogP contribution >= 0.6 is 0 Å². The molecule has 2 fully saturated rings. The Bertz CT molecular complexity index is 815. The van der Waals surface area contributed by atoms with Crippen LogP contribution in [0.1, 0.15) is 31.4 Å². The number of rotatable bonds is 8. The Labute approximate surface area is 178 Å². The first-order valence-corrected chi connectivity index (χ1v) is 10.3. The molecule has 0 radical (unpaired) electrons. The number of carbonyl (C=O) groups is 4. The summed E-state index contributed by atoms with van der Waals surface area (Å²) in [4.78, 5) is 59.0. The average molecular weight is 436 g/mol. The summed E-state index contributed by atoms with van der Waals surface area (Å²) >= 11 is 0. The first-order valence-electron chi connectivity index (χ1n) is 10.3. The molecule has 3 amide bonds. The van der Waals surface area contributed by atoms with Crippen LogP contribution < -0.4 is 11.1 Å². The second kappa shape index (κ2) is 9.88. The number of H-pyrrole nitrogens is 1. The van der Waals surface area contributed by atoms with Crippen molar-refractivity contribution >= 4 is 23.7 Å². The van der Waals surface area contributed by atoms with E-state index in [4.69, 9.17) is 5.73 Å². The fourth-order valence-electron chi connectivity index (χ4n) is 4.18. The maximum Gasteiger partial charge on any atom is 0.326 e. The van der Waals surface area contributed by atoms with Crippen molar-refractivity contribution in [3.8, 4) is 0 Å². The molecule has 3 rings (SSSR count). The van der Waals surface area contributed by atoms with Crippen molar-refractivity contribution in [1.82, 2.24) is 25.1 Å². The number of aliphatic hydroxyl groups is 1. The van der Waals surface area contributed by atoms with Gasteiger partial charge in [-0.3, -0.25) is 14.4 Å². The summed E-state index contributed by atoms with van der Waals surface area (Å²) in [7, 11) is 0. The minimum atomic E-state index is -1.27. The van der Waals surface area contributed by atoms with Gasteiger partial charge in [-0.1, -0.05) is 0 Å². The number of nitrogens with two attached hydrogens (primary N) is 1. The number of aromatic nitrogens is 2. The zero-order valence-electron chi connectivity index (χ0n) is 17.1. The molecular weight excluding hydrogens is 408 g/mol. The van der Waals surface area contributed by atoms with Gasteiger partial charge in [-0.15, -0.1) is 0 Å². The number of hydrogen-bond acceptors (Lipinski definition) is 7. The quantitative estimate of drug-likeness (QED) is 0.305. The van der Waals surface area contributed by atoms with E-state index in [1.165, 1.54) is 16.1 Å². The predicted molar refractivity (Wildman–Crippen MR) is 106 cm³/mol. The number of likely N-dealkylation sites (tertiary alicyclic amines) is 2. The third-order valence-electron chi connectivity index (χ3n) is 5.77. The first kappa shape index (κ1) is 22.7. The van der Waals surface area contributed by atoms with Crippen molar-refractivity contribution in [2.24, 2.45) is 5.73 Å². The van der Waals surface area contributed by atoms with Gasteiger partial charge in [0.1, 0.15) is 18.1 Å². The lowest BCUT2D eigenvalue weighted by Crippen LogP contribution is -2.57. The highest BCUT2D eigenvalue weighted by atomic mass is 16.4. The Morgan fingerprint density at radius 1 is 1.16 bits per heavy atom. The van der Waals surface area contributed by atoms with E-state index in [2.05, 4.69) is 15.3 Å². The van der Waals surface area contributed by atoms with E-state index in [0.29, 0.717) is 37.9 Å². The van der Waals surface area contributed by atoms with Gasteiger partial charge < -0.3 is 36.0 Å². The highest BCUT2D eigenvalue weighted by Crippen LogP contribution is 2.21. The lowest BCUT2D eigenvalue weighted by atomic mass is 10.1. The zero-order chi connectivity index (χ0) is 22.5. The summed E-state index contributed by atoms with van der Waals surface area (Å²) in [5, 5.41) is 21.4. The van der Waals surface area contributed by atoms with Crippen LogP contribution in [0.25, 0.3) is 0 Å². The van der Waals surface area contributed by atoms with Crippen LogP contribution in [0.3, 0.4) is 0 Å². The molecule has 4 unspecified atom stereocenters. The topological polar surface area (TPSA) is 182 Å². The number of nitrogens with zero attached hydrogens (tertiary/aromatic N) is 3. The van der Waals surface area contributed by atoms with Crippen molar-refractivity contribution in [1.29, 1.82) is 0 Å². The van der Waals surface area contributed by atoms with Crippen LogP contribution in [-0.2, 0) is 25.6 Å². The van der Waals surface area contributed by atoms with E-state index in [1.807, 2.05) is 0 Å². The SMILES string of the molecule is NC(Cc1cnc[nH]1)C(=O)N1CCCC1C(=O)NC(CO)C(=O)N1CCCC1C(=O)O. The van der Waals surface area contributed by atoms with Gasteiger partial charge in [0, 0.05) is 31.4 Å². The summed E-state index contributed by atoms with van der Waals surface area (Å²) in [5.41, 5.74) is 6.73. The molecular formula is C19H28N6O6. The van der Waals surface area contributed by atoms with Crippen LogP contribution in [0, 0.1) is 0 Å².